The molecule has 152 valence electrons. The molecule has 0 unspecified atom stereocenters. The Hall–Kier alpha value is -3.48. The van der Waals surface area contributed by atoms with Crippen molar-refractivity contribution in [3.05, 3.63) is 65.0 Å². The predicted octanol–water partition coefficient (Wildman–Crippen LogP) is 3.83. The van der Waals surface area contributed by atoms with Gasteiger partial charge in [-0.15, -0.1) is 0 Å². The van der Waals surface area contributed by atoms with Gasteiger partial charge < -0.3 is 19.5 Å². The van der Waals surface area contributed by atoms with Crippen molar-refractivity contribution in [1.82, 2.24) is 9.78 Å². The summed E-state index contributed by atoms with van der Waals surface area (Å²) in [6.45, 7) is 4.62. The SMILES string of the molecule is COc1ccc(C(=O)Nc2cccc(Cn3nc(C)cc3C)c2)c(OC)c1OC. The van der Waals surface area contributed by atoms with Crippen LogP contribution in [-0.2, 0) is 6.54 Å². The minimum atomic E-state index is -0.300. The molecule has 2 aromatic carbocycles. The molecule has 0 saturated heterocycles. The van der Waals surface area contributed by atoms with Crippen LogP contribution in [0.3, 0.4) is 0 Å². The van der Waals surface area contributed by atoms with Gasteiger partial charge in [-0.25, -0.2) is 0 Å². The minimum absolute atomic E-state index is 0.300. The van der Waals surface area contributed by atoms with E-state index in [9.17, 15) is 4.79 Å². The fourth-order valence-electron chi connectivity index (χ4n) is 3.23. The zero-order valence-corrected chi connectivity index (χ0v) is 17.3. The van der Waals surface area contributed by atoms with Crippen molar-refractivity contribution in [3.63, 3.8) is 0 Å². The lowest BCUT2D eigenvalue weighted by Gasteiger charge is -2.15. The van der Waals surface area contributed by atoms with Crippen LogP contribution in [0.2, 0.25) is 0 Å². The number of benzene rings is 2. The number of nitrogens with zero attached hydrogens (tertiary/aromatic N) is 2. The lowest BCUT2D eigenvalue weighted by atomic mass is 10.1. The molecule has 0 spiro atoms. The van der Waals surface area contributed by atoms with Crippen LogP contribution in [0.25, 0.3) is 0 Å². The Balaban J connectivity index is 1.83. The van der Waals surface area contributed by atoms with Gasteiger partial charge in [0.25, 0.3) is 5.91 Å². The molecule has 1 heterocycles. The third kappa shape index (κ3) is 4.34. The molecule has 7 heteroatoms. The van der Waals surface area contributed by atoms with Crippen LogP contribution in [0.4, 0.5) is 5.69 Å². The molecule has 0 radical (unpaired) electrons. The summed E-state index contributed by atoms with van der Waals surface area (Å²) < 4.78 is 18.0. The van der Waals surface area contributed by atoms with Gasteiger partial charge in [-0.2, -0.15) is 5.10 Å². The molecule has 0 bridgehead atoms. The molecule has 0 atom stereocenters. The van der Waals surface area contributed by atoms with Gasteiger partial charge in [0, 0.05) is 11.4 Å². The number of anilines is 1. The maximum atomic E-state index is 12.9. The van der Waals surface area contributed by atoms with Crippen molar-refractivity contribution in [3.8, 4) is 17.2 Å². The summed E-state index contributed by atoms with van der Waals surface area (Å²) in [5.41, 5.74) is 4.15. The molecule has 0 aliphatic rings. The summed E-state index contributed by atoms with van der Waals surface area (Å²) in [5.74, 6) is 0.892. The first-order chi connectivity index (χ1) is 14.0. The first-order valence-corrected chi connectivity index (χ1v) is 9.17. The van der Waals surface area contributed by atoms with Gasteiger partial charge in [-0.3, -0.25) is 9.48 Å². The average Bonchev–Trinajstić information content (AvgIpc) is 3.03. The van der Waals surface area contributed by atoms with Gasteiger partial charge in [0.1, 0.15) is 0 Å². The highest BCUT2D eigenvalue weighted by atomic mass is 16.5. The number of nitrogens with one attached hydrogen (secondary N) is 1. The summed E-state index contributed by atoms with van der Waals surface area (Å²) in [6, 6.07) is 13.0. The number of carbonyl (C=O) groups is 1. The molecule has 7 nitrogen and oxygen atoms in total. The van der Waals surface area contributed by atoms with Gasteiger partial charge >= 0.3 is 0 Å². The largest absolute Gasteiger partial charge is 0.493 e. The number of amides is 1. The molecule has 0 aliphatic carbocycles. The molecule has 0 saturated carbocycles. The summed E-state index contributed by atoms with van der Waals surface area (Å²) in [6.07, 6.45) is 0. The van der Waals surface area contributed by atoms with E-state index < -0.39 is 0 Å². The Morgan fingerprint density at radius 3 is 2.38 bits per heavy atom. The smallest absolute Gasteiger partial charge is 0.259 e. The van der Waals surface area contributed by atoms with Gasteiger partial charge in [0.05, 0.1) is 39.1 Å². The van der Waals surface area contributed by atoms with E-state index >= 15 is 0 Å². The number of aryl methyl sites for hydroxylation is 2. The van der Waals surface area contributed by atoms with E-state index in [1.807, 2.05) is 48.9 Å². The zero-order chi connectivity index (χ0) is 21.0. The first-order valence-electron chi connectivity index (χ1n) is 9.17. The number of aromatic nitrogens is 2. The molecule has 0 fully saturated rings. The summed E-state index contributed by atoms with van der Waals surface area (Å²) >= 11 is 0. The molecule has 1 aromatic heterocycles. The molecule has 1 amide bonds. The number of ether oxygens (including phenoxy) is 3. The molecule has 1 N–H and O–H groups in total. The third-order valence-electron chi connectivity index (χ3n) is 4.57. The fraction of sp³-hybridized carbons (Fsp3) is 0.273. The van der Waals surface area contributed by atoms with Crippen LogP contribution < -0.4 is 19.5 Å². The van der Waals surface area contributed by atoms with Crippen molar-refractivity contribution in [2.45, 2.75) is 20.4 Å². The van der Waals surface area contributed by atoms with E-state index in [-0.39, 0.29) is 5.91 Å². The molecular formula is C22H25N3O4. The van der Waals surface area contributed by atoms with E-state index in [4.69, 9.17) is 14.2 Å². The monoisotopic (exact) mass is 395 g/mol. The Labute approximate surface area is 170 Å². The first kappa shape index (κ1) is 20.3. The minimum Gasteiger partial charge on any atom is -0.493 e. The van der Waals surface area contributed by atoms with E-state index in [2.05, 4.69) is 10.4 Å². The van der Waals surface area contributed by atoms with E-state index in [0.29, 0.717) is 35.0 Å². The number of hydrogen-bond donors (Lipinski definition) is 1. The fourth-order valence-corrected chi connectivity index (χ4v) is 3.23. The molecule has 3 aromatic rings. The zero-order valence-electron chi connectivity index (χ0n) is 17.3. The van der Waals surface area contributed by atoms with Crippen molar-refractivity contribution < 1.29 is 19.0 Å². The van der Waals surface area contributed by atoms with Gasteiger partial charge in [-0.1, -0.05) is 12.1 Å². The van der Waals surface area contributed by atoms with Crippen molar-refractivity contribution >= 4 is 11.6 Å². The summed E-state index contributed by atoms with van der Waals surface area (Å²) in [5, 5.41) is 7.41. The standard InChI is InChI=1S/C22H25N3O4/c1-14-11-15(2)25(24-14)13-16-7-6-8-17(12-16)23-22(26)18-9-10-19(27-3)21(29-5)20(18)28-4/h6-12H,13H2,1-5H3,(H,23,26). The predicted molar refractivity (Wildman–Crippen MR) is 111 cm³/mol. The quantitative estimate of drug-likeness (QED) is 0.658. The van der Waals surface area contributed by atoms with Crippen LogP contribution in [0.5, 0.6) is 17.2 Å². The maximum Gasteiger partial charge on any atom is 0.259 e. The topological polar surface area (TPSA) is 74.6 Å². The number of carbonyl (C=O) groups excluding carboxylic acids is 1. The normalized spacial score (nSPS) is 10.5. The Kier molecular flexibility index (Phi) is 6.07. The van der Waals surface area contributed by atoms with Crippen LogP contribution in [0.15, 0.2) is 42.5 Å². The van der Waals surface area contributed by atoms with E-state index in [1.165, 1.54) is 21.3 Å². The maximum absolute atomic E-state index is 12.9. The van der Waals surface area contributed by atoms with Crippen molar-refractivity contribution in [1.29, 1.82) is 0 Å². The molecule has 29 heavy (non-hydrogen) atoms. The Morgan fingerprint density at radius 1 is 1.00 bits per heavy atom. The molecular weight excluding hydrogens is 370 g/mol. The lowest BCUT2D eigenvalue weighted by molar-refractivity contribution is 0.102. The van der Waals surface area contributed by atoms with E-state index in [0.717, 1.165) is 17.0 Å². The molecule has 3 rings (SSSR count). The number of rotatable bonds is 7. The van der Waals surface area contributed by atoms with Gasteiger partial charge in [0.2, 0.25) is 5.75 Å². The van der Waals surface area contributed by atoms with Crippen LogP contribution in [-0.4, -0.2) is 37.0 Å². The van der Waals surface area contributed by atoms with Crippen molar-refractivity contribution in [2.24, 2.45) is 0 Å². The highest BCUT2D eigenvalue weighted by Gasteiger charge is 2.20. The van der Waals surface area contributed by atoms with Gasteiger partial charge in [0.15, 0.2) is 11.5 Å². The highest BCUT2D eigenvalue weighted by Crippen LogP contribution is 2.39. The average molecular weight is 395 g/mol. The van der Waals surface area contributed by atoms with Crippen LogP contribution in [0, 0.1) is 13.8 Å². The highest BCUT2D eigenvalue weighted by molar-refractivity contribution is 6.07. The Bertz CT molecular complexity index is 1030. The van der Waals surface area contributed by atoms with Gasteiger partial charge in [-0.05, 0) is 49.7 Å². The molecule has 0 aliphatic heterocycles. The Morgan fingerprint density at radius 2 is 1.76 bits per heavy atom. The summed E-state index contributed by atoms with van der Waals surface area (Å²) in [7, 11) is 4.53. The third-order valence-corrected chi connectivity index (χ3v) is 4.57. The van der Waals surface area contributed by atoms with Crippen LogP contribution >= 0.6 is 0 Å². The second-order valence-corrected chi connectivity index (χ2v) is 6.62. The number of hydrogen-bond acceptors (Lipinski definition) is 5. The lowest BCUT2D eigenvalue weighted by Crippen LogP contribution is -2.14. The summed E-state index contributed by atoms with van der Waals surface area (Å²) in [4.78, 5) is 12.9. The van der Waals surface area contributed by atoms with Crippen molar-refractivity contribution in [2.75, 3.05) is 26.6 Å². The second kappa shape index (κ2) is 8.68. The van der Waals surface area contributed by atoms with E-state index in [1.54, 1.807) is 12.1 Å². The second-order valence-electron chi connectivity index (χ2n) is 6.62. The van der Waals surface area contributed by atoms with Crippen LogP contribution in [0.1, 0.15) is 27.3 Å². The number of methoxy groups -OCH3 is 3.